The van der Waals surface area contributed by atoms with Crippen LogP contribution in [0.5, 0.6) is 0 Å². The largest absolute Gasteiger partial charge is 0.270 e. The van der Waals surface area contributed by atoms with Crippen LogP contribution in [0.25, 0.3) is 128 Å². The number of pyridine rings is 5. The zero-order valence-electron chi connectivity index (χ0n) is 50.4. The third kappa shape index (κ3) is 8.65. The van der Waals surface area contributed by atoms with Gasteiger partial charge < -0.3 is 0 Å². The number of nitrogens with zero attached hydrogens (tertiary/aromatic N) is 5. The molecular weight excluding hydrogens is 1010 g/mol. The summed E-state index contributed by atoms with van der Waals surface area (Å²) in [5.41, 5.74) is 16.3. The predicted molar refractivity (Wildman–Crippen MR) is 334 cm³/mol. The predicted octanol–water partition coefficient (Wildman–Crippen LogP) is 17.7. The minimum atomic E-state index is -2.09. The molecular formula is C70H58N5S3+3. The molecule has 0 atom stereocenters. The number of fused-ring (bicyclic) bond motifs is 12. The van der Waals surface area contributed by atoms with Crippen molar-refractivity contribution >= 4 is 128 Å². The van der Waals surface area contributed by atoms with Gasteiger partial charge in [0.2, 0.25) is 28.1 Å². The standard InChI is InChI=1S/C24H21N2S.C23H19N2S.C23H18NS/c1-14-6-8-18(16(3)11-14)21-9-10-22-23(26(21)4)19-13-17-7-5-15(2)12-20(17)25-24(19)27-22;1-14-8-9-17(15(2)12-14)20-10-11-21-22(25(20)3)18-13-16-6-4-5-7-19(16)24-23(18)26-21;1-15-7-3-6-10-18(15)21-12-11-19-20-13-16-8-4-5-9-17(16)14-22(20)25-23(19)24(21)2/h5-13H,1-4H3;4-13H,1-3H3;3-14H,1-2H3/q3*+1/i2*1D3;. The summed E-state index contributed by atoms with van der Waals surface area (Å²) in [4.78, 5) is 13.2. The summed E-state index contributed by atoms with van der Waals surface area (Å²) in [6.45, 7) is 4.02. The minimum absolute atomic E-state index is 0.374. The highest BCUT2D eigenvalue weighted by Gasteiger charge is 2.24. The van der Waals surface area contributed by atoms with E-state index in [1.165, 1.54) is 62.9 Å². The fourth-order valence-electron chi connectivity index (χ4n) is 11.3. The third-order valence-corrected chi connectivity index (χ3v) is 18.6. The van der Waals surface area contributed by atoms with Crippen molar-refractivity contribution in [3.8, 4) is 33.8 Å². The molecule has 0 amide bonds. The van der Waals surface area contributed by atoms with Crippen LogP contribution in [-0.4, -0.2) is 9.97 Å². The van der Waals surface area contributed by atoms with Crippen LogP contribution < -0.4 is 13.7 Å². The summed E-state index contributed by atoms with van der Waals surface area (Å²) in [6.07, 6.45) is 0. The van der Waals surface area contributed by atoms with Crippen molar-refractivity contribution in [1.29, 1.82) is 0 Å². The van der Waals surface area contributed by atoms with Crippen LogP contribution in [0.4, 0.5) is 0 Å². The molecule has 378 valence electrons. The van der Waals surface area contributed by atoms with Gasteiger partial charge >= 0.3 is 0 Å². The first-order valence-electron chi connectivity index (χ1n) is 29.0. The Kier molecular flexibility index (Phi) is 10.8. The van der Waals surface area contributed by atoms with Crippen molar-refractivity contribution in [2.75, 3.05) is 0 Å². The van der Waals surface area contributed by atoms with Crippen molar-refractivity contribution in [1.82, 2.24) is 9.97 Å². The lowest BCUT2D eigenvalue weighted by Crippen LogP contribution is -2.31. The maximum Gasteiger partial charge on any atom is 0.270 e. The number of hydrogen-bond acceptors (Lipinski definition) is 5. The summed E-state index contributed by atoms with van der Waals surface area (Å²) in [5.74, 6) is 0. The van der Waals surface area contributed by atoms with Crippen molar-refractivity contribution in [2.45, 2.75) is 41.4 Å². The van der Waals surface area contributed by atoms with Gasteiger partial charge in [0, 0.05) is 64.0 Å². The molecule has 0 unspecified atom stereocenters. The van der Waals surface area contributed by atoms with E-state index < -0.39 is 13.7 Å². The van der Waals surface area contributed by atoms with Crippen LogP contribution >= 0.6 is 34.0 Å². The lowest BCUT2D eigenvalue weighted by Gasteiger charge is -2.06. The number of benzene rings is 7. The highest BCUT2D eigenvalue weighted by Crippen LogP contribution is 2.39. The number of rotatable bonds is 3. The second-order valence-corrected chi connectivity index (χ2v) is 23.5. The third-order valence-electron chi connectivity index (χ3n) is 15.3. The molecule has 0 aliphatic rings. The zero-order valence-corrected chi connectivity index (χ0v) is 46.8. The molecule has 0 aliphatic heterocycles. The van der Waals surface area contributed by atoms with Gasteiger partial charge in [-0.3, -0.25) is 0 Å². The number of para-hydroxylation sites is 1. The Morgan fingerprint density at radius 3 is 1.47 bits per heavy atom. The summed E-state index contributed by atoms with van der Waals surface area (Å²) in [6, 6.07) is 64.7. The van der Waals surface area contributed by atoms with E-state index >= 15 is 0 Å². The van der Waals surface area contributed by atoms with Gasteiger partial charge in [0.05, 0.1) is 27.2 Å². The lowest BCUT2D eigenvalue weighted by atomic mass is 10.0. The number of aromatic nitrogens is 5. The molecule has 0 spiro atoms. The molecule has 0 aliphatic carbocycles. The van der Waals surface area contributed by atoms with E-state index in [-0.39, 0.29) is 0 Å². The second-order valence-electron chi connectivity index (χ2n) is 20.4. The minimum Gasteiger partial charge on any atom is -0.237 e. The Labute approximate surface area is 474 Å². The highest BCUT2D eigenvalue weighted by atomic mass is 32.1. The van der Waals surface area contributed by atoms with Crippen LogP contribution in [0, 0.1) is 41.4 Å². The van der Waals surface area contributed by atoms with Crippen LogP contribution in [0.3, 0.4) is 0 Å². The molecule has 78 heavy (non-hydrogen) atoms. The van der Waals surface area contributed by atoms with Crippen molar-refractivity contribution < 1.29 is 21.9 Å². The molecule has 5 nitrogen and oxygen atoms in total. The normalized spacial score (nSPS) is 13.1. The summed E-state index contributed by atoms with van der Waals surface area (Å²) >= 11 is 5.28. The lowest BCUT2D eigenvalue weighted by molar-refractivity contribution is -0.632. The molecule has 15 aromatic rings. The Morgan fingerprint density at radius 1 is 0.359 bits per heavy atom. The molecule has 0 fully saturated rings. The van der Waals surface area contributed by atoms with Crippen LogP contribution in [0.1, 0.15) is 41.6 Å². The van der Waals surface area contributed by atoms with Gasteiger partial charge in [-0.1, -0.05) is 120 Å². The van der Waals surface area contributed by atoms with E-state index in [9.17, 15) is 0 Å². The first-order chi connectivity index (χ1) is 40.3. The van der Waals surface area contributed by atoms with Crippen LogP contribution in [-0.2, 0) is 21.1 Å². The van der Waals surface area contributed by atoms with Crippen molar-refractivity contribution in [3.05, 3.63) is 221 Å². The fourth-order valence-corrected chi connectivity index (χ4v) is 14.7. The van der Waals surface area contributed by atoms with Gasteiger partial charge in [0.25, 0.3) is 4.83 Å². The van der Waals surface area contributed by atoms with Crippen molar-refractivity contribution in [3.63, 3.8) is 0 Å². The molecule has 0 bridgehead atoms. The molecule has 0 saturated carbocycles. The molecule has 8 aromatic heterocycles. The van der Waals surface area contributed by atoms with E-state index in [0.717, 1.165) is 86.9 Å². The molecule has 0 saturated heterocycles. The molecule has 0 radical (unpaired) electrons. The summed E-state index contributed by atoms with van der Waals surface area (Å²) < 4.78 is 56.4. The van der Waals surface area contributed by atoms with Crippen LogP contribution in [0.2, 0.25) is 0 Å². The maximum absolute atomic E-state index is 7.67. The quantitative estimate of drug-likeness (QED) is 0.165. The zero-order chi connectivity index (χ0) is 58.5. The van der Waals surface area contributed by atoms with E-state index in [0.29, 0.717) is 11.1 Å². The van der Waals surface area contributed by atoms with Gasteiger partial charge in [-0.25, -0.2) is 9.97 Å². The monoisotopic (exact) mass is 1070 g/mol. The average molecular weight is 1070 g/mol. The summed E-state index contributed by atoms with van der Waals surface area (Å²) in [7, 11) is 6.32. The van der Waals surface area contributed by atoms with Gasteiger partial charge in [0.1, 0.15) is 40.2 Å². The smallest absolute Gasteiger partial charge is 0.237 e. The Morgan fingerprint density at radius 2 is 0.859 bits per heavy atom. The molecule has 15 rings (SSSR count). The first kappa shape index (κ1) is 42.8. The topological polar surface area (TPSA) is 37.4 Å². The number of hydrogen-bond donors (Lipinski definition) is 0. The Balaban J connectivity index is 0.000000118. The van der Waals surface area contributed by atoms with E-state index in [1.807, 2.05) is 55.5 Å². The highest BCUT2D eigenvalue weighted by molar-refractivity contribution is 7.26. The van der Waals surface area contributed by atoms with Gasteiger partial charge in [-0.2, -0.15) is 13.7 Å². The SMILES string of the molecule is Cc1ccccc1-c1ccc2c3cc4ccccc4cc3sc2[n+]1C.[2H]C([2H])([2H])c1ccc(-c2ccc3sc4nc5cc(C)ccc5cc4c3[n+]2C)c(C)c1.[2H]C([2H])([2H])c1ccc(-c2ccc3sc4nc5ccccc5cc4c3[n+]2C)c(C)c1. The molecule has 8 heterocycles. The fraction of sp³-hybridized carbons (Fsp3) is 0.129. The van der Waals surface area contributed by atoms with E-state index in [4.69, 9.17) is 18.2 Å². The molecule has 0 N–H and O–H groups in total. The number of aryl methyl sites for hydroxylation is 9. The van der Waals surface area contributed by atoms with E-state index in [2.05, 4.69) is 182 Å². The second kappa shape index (κ2) is 19.6. The van der Waals surface area contributed by atoms with Crippen LogP contribution in [0.15, 0.2) is 188 Å². The van der Waals surface area contributed by atoms with Crippen molar-refractivity contribution in [2.24, 2.45) is 21.1 Å². The number of thiophene rings is 3. The maximum atomic E-state index is 7.67. The van der Waals surface area contributed by atoms with Gasteiger partial charge in [-0.05, 0) is 147 Å². The van der Waals surface area contributed by atoms with E-state index in [1.54, 1.807) is 46.9 Å². The molecule has 7 aromatic carbocycles. The molecule has 8 heteroatoms. The average Bonchev–Trinajstić information content (AvgIpc) is 2.46. The Hall–Kier alpha value is -8.27. The summed E-state index contributed by atoms with van der Waals surface area (Å²) in [5, 5.41) is 9.86. The van der Waals surface area contributed by atoms with Gasteiger partial charge in [-0.15, -0.1) is 22.7 Å². The first-order valence-corrected chi connectivity index (χ1v) is 28.5. The van der Waals surface area contributed by atoms with Gasteiger partial charge in [0.15, 0.2) is 0 Å². The Bertz CT molecular complexity index is 5170.